The van der Waals surface area contributed by atoms with Crippen LogP contribution in [0.4, 0.5) is 4.39 Å². The van der Waals surface area contributed by atoms with Crippen molar-refractivity contribution in [2.45, 2.75) is 18.5 Å². The van der Waals surface area contributed by atoms with E-state index in [2.05, 4.69) is 5.32 Å². The van der Waals surface area contributed by atoms with Gasteiger partial charge in [-0.3, -0.25) is 9.59 Å². The molecule has 0 bridgehead atoms. The van der Waals surface area contributed by atoms with E-state index in [4.69, 9.17) is 4.74 Å². The molecule has 2 amide bonds. The largest absolute Gasteiger partial charge is 0.383 e. The van der Waals surface area contributed by atoms with E-state index in [1.807, 2.05) is 42.5 Å². The van der Waals surface area contributed by atoms with Gasteiger partial charge >= 0.3 is 0 Å². The van der Waals surface area contributed by atoms with Crippen molar-refractivity contribution in [3.05, 3.63) is 107 Å². The molecule has 0 fully saturated rings. The number of hydrogen-bond donors (Lipinski definition) is 1. The van der Waals surface area contributed by atoms with E-state index < -0.39 is 12.0 Å². The second-order valence-electron chi connectivity index (χ2n) is 7.72. The number of fused-ring (bicyclic) bond motifs is 1. The van der Waals surface area contributed by atoms with Gasteiger partial charge in [0.2, 0.25) is 5.91 Å². The van der Waals surface area contributed by atoms with Gasteiger partial charge in [0.25, 0.3) is 5.91 Å². The predicted octanol–water partition coefficient (Wildman–Crippen LogP) is 4.07. The zero-order valence-electron chi connectivity index (χ0n) is 17.8. The summed E-state index contributed by atoms with van der Waals surface area (Å²) in [5, 5.41) is 2.89. The van der Waals surface area contributed by atoms with Crippen LogP contribution in [0.2, 0.25) is 0 Å². The first kappa shape index (κ1) is 21.7. The average Bonchev–Trinajstić information content (AvgIpc) is 2.83. The zero-order valence-corrected chi connectivity index (χ0v) is 17.8. The fourth-order valence-electron chi connectivity index (χ4n) is 4.27. The molecule has 0 unspecified atom stereocenters. The van der Waals surface area contributed by atoms with Crippen molar-refractivity contribution in [1.82, 2.24) is 10.2 Å². The van der Waals surface area contributed by atoms with Crippen molar-refractivity contribution in [2.75, 3.05) is 20.3 Å². The first-order valence-electron chi connectivity index (χ1n) is 10.6. The van der Waals surface area contributed by atoms with Gasteiger partial charge in [0.15, 0.2) is 0 Å². The molecule has 3 aromatic rings. The molecule has 6 heteroatoms. The van der Waals surface area contributed by atoms with Crippen molar-refractivity contribution >= 4 is 11.8 Å². The highest BCUT2D eigenvalue weighted by atomic mass is 19.1. The number of ether oxygens (including phenoxy) is 1. The minimum Gasteiger partial charge on any atom is -0.383 e. The Morgan fingerprint density at radius 2 is 1.69 bits per heavy atom. The van der Waals surface area contributed by atoms with Crippen molar-refractivity contribution in [1.29, 1.82) is 0 Å². The Balaban J connectivity index is 1.74. The summed E-state index contributed by atoms with van der Waals surface area (Å²) in [6.45, 7) is 0.763. The van der Waals surface area contributed by atoms with Gasteiger partial charge in [-0.1, -0.05) is 66.7 Å². The molecular formula is C26H25FN2O3. The Morgan fingerprint density at radius 3 is 2.44 bits per heavy atom. The summed E-state index contributed by atoms with van der Waals surface area (Å²) in [6, 6.07) is 22.6. The van der Waals surface area contributed by atoms with Crippen LogP contribution in [0.25, 0.3) is 0 Å². The lowest BCUT2D eigenvalue weighted by Gasteiger charge is -2.41. The lowest BCUT2D eigenvalue weighted by atomic mass is 9.79. The number of methoxy groups -OCH3 is 1. The fraction of sp³-hybridized carbons (Fsp3) is 0.231. The van der Waals surface area contributed by atoms with Crippen molar-refractivity contribution in [2.24, 2.45) is 0 Å². The van der Waals surface area contributed by atoms with E-state index in [0.717, 1.165) is 5.56 Å². The summed E-state index contributed by atoms with van der Waals surface area (Å²) in [5.74, 6) is -1.41. The molecule has 1 aliphatic rings. The molecule has 4 rings (SSSR count). The number of amides is 2. The Hall–Kier alpha value is -3.51. The average molecular weight is 432 g/mol. The van der Waals surface area contributed by atoms with Crippen LogP contribution in [0.15, 0.2) is 78.9 Å². The molecule has 32 heavy (non-hydrogen) atoms. The van der Waals surface area contributed by atoms with Crippen LogP contribution in [0.5, 0.6) is 0 Å². The summed E-state index contributed by atoms with van der Waals surface area (Å²) in [7, 11) is 1.58. The Labute approximate surface area is 186 Å². The number of hydrogen-bond acceptors (Lipinski definition) is 3. The monoisotopic (exact) mass is 432 g/mol. The minimum absolute atomic E-state index is 0.0672. The van der Waals surface area contributed by atoms with Crippen LogP contribution in [0, 0.1) is 5.82 Å². The van der Waals surface area contributed by atoms with Crippen molar-refractivity contribution < 1.29 is 18.7 Å². The summed E-state index contributed by atoms with van der Waals surface area (Å²) in [4.78, 5) is 28.6. The number of halogens is 1. The number of benzene rings is 3. The van der Waals surface area contributed by atoms with Crippen LogP contribution in [-0.2, 0) is 16.1 Å². The highest BCUT2D eigenvalue weighted by molar-refractivity contribution is 6.01. The zero-order chi connectivity index (χ0) is 22.5. The van der Waals surface area contributed by atoms with Gasteiger partial charge < -0.3 is 15.0 Å². The summed E-state index contributed by atoms with van der Waals surface area (Å²) in [6.07, 6.45) is 0. The van der Waals surface area contributed by atoms with Gasteiger partial charge in [0.1, 0.15) is 5.82 Å². The molecule has 0 aliphatic carbocycles. The van der Waals surface area contributed by atoms with E-state index >= 15 is 0 Å². The van der Waals surface area contributed by atoms with E-state index in [9.17, 15) is 14.0 Å². The van der Waals surface area contributed by atoms with Crippen LogP contribution >= 0.6 is 0 Å². The number of carbonyl (C=O) groups excluding carboxylic acids is 2. The van der Waals surface area contributed by atoms with Gasteiger partial charge in [0.05, 0.1) is 18.6 Å². The number of nitrogens with one attached hydrogen (secondary N) is 1. The molecule has 1 N–H and O–H groups in total. The number of nitrogens with zero attached hydrogens (tertiary/aromatic N) is 1. The quantitative estimate of drug-likeness (QED) is 0.612. The van der Waals surface area contributed by atoms with E-state index in [1.165, 1.54) is 6.07 Å². The fourth-order valence-corrected chi connectivity index (χ4v) is 4.27. The van der Waals surface area contributed by atoms with Crippen LogP contribution in [-0.4, -0.2) is 37.0 Å². The Morgan fingerprint density at radius 1 is 1.00 bits per heavy atom. The van der Waals surface area contributed by atoms with Crippen molar-refractivity contribution in [3.8, 4) is 0 Å². The molecule has 1 aliphatic heterocycles. The smallest absolute Gasteiger partial charge is 0.254 e. The molecule has 2 atom stereocenters. The number of carbonyl (C=O) groups is 2. The van der Waals surface area contributed by atoms with Gasteiger partial charge in [-0.15, -0.1) is 0 Å². The predicted molar refractivity (Wildman–Crippen MR) is 120 cm³/mol. The lowest BCUT2D eigenvalue weighted by molar-refractivity contribution is -0.124. The van der Waals surface area contributed by atoms with Crippen LogP contribution in [0.3, 0.4) is 0 Å². The molecular weight excluding hydrogens is 407 g/mol. The molecule has 0 saturated heterocycles. The molecule has 0 spiro atoms. The van der Waals surface area contributed by atoms with Gasteiger partial charge in [-0.25, -0.2) is 4.39 Å². The highest BCUT2D eigenvalue weighted by Crippen LogP contribution is 2.42. The van der Waals surface area contributed by atoms with Gasteiger partial charge in [-0.05, 0) is 23.3 Å². The maximum Gasteiger partial charge on any atom is 0.254 e. The summed E-state index contributed by atoms with van der Waals surface area (Å²) in [5.41, 5.74) is 2.44. The SMILES string of the molecule is COCCN1C(=O)c2ccccc2[C@@H](C(=O)NCc2ccccc2F)[C@H]1c1ccccc1. The highest BCUT2D eigenvalue weighted by Gasteiger charge is 2.43. The first-order chi connectivity index (χ1) is 15.6. The molecule has 0 aromatic heterocycles. The topological polar surface area (TPSA) is 58.6 Å². The molecule has 164 valence electrons. The molecule has 3 aromatic carbocycles. The third-order valence-electron chi connectivity index (χ3n) is 5.81. The van der Waals surface area contributed by atoms with Gasteiger partial charge in [-0.2, -0.15) is 0 Å². The first-order valence-corrected chi connectivity index (χ1v) is 10.6. The lowest BCUT2D eigenvalue weighted by Crippen LogP contribution is -2.48. The molecule has 1 heterocycles. The molecule has 0 radical (unpaired) electrons. The van der Waals surface area contributed by atoms with Crippen LogP contribution in [0.1, 0.15) is 39.0 Å². The summed E-state index contributed by atoms with van der Waals surface area (Å²) < 4.78 is 19.3. The maximum atomic E-state index is 14.1. The number of rotatable bonds is 7. The Bertz CT molecular complexity index is 1100. The third kappa shape index (κ3) is 4.27. The third-order valence-corrected chi connectivity index (χ3v) is 5.81. The van der Waals surface area contributed by atoms with E-state index in [1.54, 1.807) is 42.3 Å². The minimum atomic E-state index is -0.644. The van der Waals surface area contributed by atoms with Crippen molar-refractivity contribution in [3.63, 3.8) is 0 Å². The second-order valence-corrected chi connectivity index (χ2v) is 7.72. The second kappa shape index (κ2) is 9.75. The Kier molecular flexibility index (Phi) is 6.61. The molecule has 0 saturated carbocycles. The van der Waals surface area contributed by atoms with E-state index in [0.29, 0.717) is 29.8 Å². The standard InChI is InChI=1S/C26H25FN2O3/c1-32-16-15-29-24(18-9-3-2-4-10-18)23(20-12-6-7-13-21(20)26(29)31)25(30)28-17-19-11-5-8-14-22(19)27/h2-14,23-24H,15-17H2,1H3,(H,28,30)/t23-,24-/m1/s1. The van der Waals surface area contributed by atoms with Gasteiger partial charge in [0, 0.05) is 31.3 Å². The maximum absolute atomic E-state index is 14.1. The molecule has 5 nitrogen and oxygen atoms in total. The van der Waals surface area contributed by atoms with Crippen LogP contribution < -0.4 is 5.32 Å². The van der Waals surface area contributed by atoms with E-state index in [-0.39, 0.29) is 24.2 Å². The summed E-state index contributed by atoms with van der Waals surface area (Å²) >= 11 is 0. The normalized spacial score (nSPS) is 17.7.